The van der Waals surface area contributed by atoms with Crippen LogP contribution in [0.15, 0.2) is 42.6 Å². The third kappa shape index (κ3) is 2.62. The number of pyridine rings is 1. The molecule has 0 spiro atoms. The number of benzene rings is 1. The van der Waals surface area contributed by atoms with E-state index >= 15 is 0 Å². The Bertz CT molecular complexity index is 532. The van der Waals surface area contributed by atoms with Crippen molar-refractivity contribution in [3.05, 3.63) is 53.7 Å². The molecule has 1 fully saturated rings. The number of hydrogen-bond donors (Lipinski definition) is 1. The number of nitrogens with two attached hydrogens (primary N) is 1. The van der Waals surface area contributed by atoms with Crippen LogP contribution in [-0.4, -0.2) is 11.1 Å². The predicted octanol–water partition coefficient (Wildman–Crippen LogP) is 2.80. The van der Waals surface area contributed by atoms with Crippen molar-refractivity contribution in [3.8, 4) is 5.75 Å². The lowest BCUT2D eigenvalue weighted by molar-refractivity contribution is 0.303. The largest absolute Gasteiger partial charge is 0.490 e. The van der Waals surface area contributed by atoms with Gasteiger partial charge in [0.25, 0.3) is 0 Å². The molecule has 0 bridgehead atoms. The summed E-state index contributed by atoms with van der Waals surface area (Å²) in [5, 5.41) is 0. The molecule has 0 unspecified atom stereocenters. The molecule has 0 aliphatic heterocycles. The Hall–Kier alpha value is -2.03. The van der Waals surface area contributed by atoms with Gasteiger partial charge in [-0.05, 0) is 42.2 Å². The molecule has 2 aromatic rings. The lowest BCUT2D eigenvalue weighted by atomic mass is 10.1. The van der Waals surface area contributed by atoms with E-state index in [2.05, 4.69) is 17.1 Å². The first-order valence-corrected chi connectivity index (χ1v) is 6.26. The molecule has 1 aromatic heterocycles. The number of aromatic nitrogens is 1. The highest BCUT2D eigenvalue weighted by atomic mass is 16.5. The van der Waals surface area contributed by atoms with Crippen molar-refractivity contribution in [3.63, 3.8) is 0 Å². The van der Waals surface area contributed by atoms with E-state index in [-0.39, 0.29) is 0 Å². The van der Waals surface area contributed by atoms with Gasteiger partial charge in [-0.3, -0.25) is 0 Å². The molecule has 1 saturated carbocycles. The van der Waals surface area contributed by atoms with Gasteiger partial charge in [0.05, 0.1) is 6.10 Å². The monoisotopic (exact) mass is 240 g/mol. The summed E-state index contributed by atoms with van der Waals surface area (Å²) in [6, 6.07) is 12.2. The molecule has 1 heterocycles. The normalized spacial score (nSPS) is 14.4. The van der Waals surface area contributed by atoms with Crippen molar-refractivity contribution in [2.45, 2.75) is 25.4 Å². The van der Waals surface area contributed by atoms with E-state index in [4.69, 9.17) is 10.5 Å². The van der Waals surface area contributed by atoms with Gasteiger partial charge >= 0.3 is 0 Å². The Kier molecular flexibility index (Phi) is 2.89. The summed E-state index contributed by atoms with van der Waals surface area (Å²) < 4.78 is 5.72. The second-order valence-electron chi connectivity index (χ2n) is 4.69. The zero-order valence-electron chi connectivity index (χ0n) is 10.2. The smallest absolute Gasteiger partial charge is 0.126 e. The number of anilines is 1. The molecule has 92 valence electrons. The van der Waals surface area contributed by atoms with E-state index in [1.165, 1.54) is 18.4 Å². The highest BCUT2D eigenvalue weighted by Gasteiger charge is 2.23. The van der Waals surface area contributed by atoms with Crippen LogP contribution in [0, 0.1) is 0 Å². The fourth-order valence-corrected chi connectivity index (χ4v) is 1.88. The summed E-state index contributed by atoms with van der Waals surface area (Å²) in [6.45, 7) is 0. The van der Waals surface area contributed by atoms with Crippen molar-refractivity contribution < 1.29 is 4.74 Å². The summed E-state index contributed by atoms with van der Waals surface area (Å²) in [5.41, 5.74) is 8.12. The van der Waals surface area contributed by atoms with Crippen molar-refractivity contribution in [2.75, 3.05) is 5.73 Å². The highest BCUT2D eigenvalue weighted by molar-refractivity contribution is 5.42. The molecule has 18 heavy (non-hydrogen) atoms. The number of nitrogen functional groups attached to an aromatic ring is 1. The van der Waals surface area contributed by atoms with Gasteiger partial charge < -0.3 is 10.5 Å². The topological polar surface area (TPSA) is 48.1 Å². The Morgan fingerprint density at radius 1 is 1.17 bits per heavy atom. The van der Waals surface area contributed by atoms with Crippen LogP contribution < -0.4 is 10.5 Å². The summed E-state index contributed by atoms with van der Waals surface area (Å²) >= 11 is 0. The Morgan fingerprint density at radius 3 is 2.61 bits per heavy atom. The molecule has 0 radical (unpaired) electrons. The molecule has 2 N–H and O–H groups in total. The third-order valence-electron chi connectivity index (χ3n) is 3.07. The summed E-state index contributed by atoms with van der Waals surface area (Å²) in [4.78, 5) is 4.09. The molecule has 3 rings (SSSR count). The molecule has 0 amide bonds. The predicted molar refractivity (Wildman–Crippen MR) is 71.5 cm³/mol. The van der Waals surface area contributed by atoms with Gasteiger partial charge in [0, 0.05) is 12.6 Å². The Morgan fingerprint density at radius 2 is 1.94 bits per heavy atom. The lowest BCUT2D eigenvalue weighted by Crippen LogP contribution is -1.99. The van der Waals surface area contributed by atoms with Crippen molar-refractivity contribution in [1.29, 1.82) is 0 Å². The maximum absolute atomic E-state index is 5.84. The Balaban J connectivity index is 1.70. The van der Waals surface area contributed by atoms with Gasteiger partial charge in [-0.2, -0.15) is 0 Å². The van der Waals surface area contributed by atoms with Gasteiger partial charge in [0.2, 0.25) is 0 Å². The van der Waals surface area contributed by atoms with Crippen LogP contribution in [0.3, 0.4) is 0 Å². The van der Waals surface area contributed by atoms with Gasteiger partial charge in [-0.25, -0.2) is 4.98 Å². The van der Waals surface area contributed by atoms with E-state index in [0.29, 0.717) is 11.9 Å². The maximum Gasteiger partial charge on any atom is 0.126 e. The minimum absolute atomic E-state index is 0.449. The van der Waals surface area contributed by atoms with Crippen LogP contribution in [-0.2, 0) is 6.42 Å². The average Bonchev–Trinajstić information content (AvgIpc) is 3.19. The second kappa shape index (κ2) is 4.69. The number of ether oxygens (including phenoxy) is 1. The van der Waals surface area contributed by atoms with E-state index in [9.17, 15) is 0 Å². The minimum atomic E-state index is 0.449. The van der Waals surface area contributed by atoms with E-state index in [1.807, 2.05) is 24.3 Å². The fourth-order valence-electron chi connectivity index (χ4n) is 1.88. The van der Waals surface area contributed by atoms with Gasteiger partial charge in [-0.15, -0.1) is 0 Å². The van der Waals surface area contributed by atoms with E-state index in [0.717, 1.165) is 17.7 Å². The standard InChI is InChI=1S/C15H16N2O/c16-15-12(2-1-9-17-15)10-11-3-5-13(6-4-11)18-14-7-8-14/h1-6,9,14H,7-8,10H2,(H2,16,17). The zero-order valence-corrected chi connectivity index (χ0v) is 10.2. The number of rotatable bonds is 4. The molecule has 0 saturated heterocycles. The van der Waals surface area contributed by atoms with Crippen LogP contribution in [0.1, 0.15) is 24.0 Å². The van der Waals surface area contributed by atoms with Gasteiger partial charge in [0.15, 0.2) is 0 Å². The Labute approximate surface area is 107 Å². The highest BCUT2D eigenvalue weighted by Crippen LogP contribution is 2.27. The van der Waals surface area contributed by atoms with E-state index in [1.54, 1.807) is 6.20 Å². The summed E-state index contributed by atoms with van der Waals surface area (Å²) in [5.74, 6) is 1.57. The SMILES string of the molecule is Nc1ncccc1Cc1ccc(OC2CC2)cc1. The molecule has 0 atom stereocenters. The third-order valence-corrected chi connectivity index (χ3v) is 3.07. The minimum Gasteiger partial charge on any atom is -0.490 e. The molecule has 1 aromatic carbocycles. The van der Waals surface area contributed by atoms with Crippen LogP contribution in [0.5, 0.6) is 5.75 Å². The molecule has 3 nitrogen and oxygen atoms in total. The number of hydrogen-bond acceptors (Lipinski definition) is 3. The van der Waals surface area contributed by atoms with Crippen LogP contribution in [0.25, 0.3) is 0 Å². The molecule has 3 heteroatoms. The van der Waals surface area contributed by atoms with Gasteiger partial charge in [0.1, 0.15) is 11.6 Å². The van der Waals surface area contributed by atoms with Crippen LogP contribution in [0.2, 0.25) is 0 Å². The van der Waals surface area contributed by atoms with Crippen molar-refractivity contribution >= 4 is 5.82 Å². The first kappa shape index (κ1) is 11.1. The summed E-state index contributed by atoms with van der Waals surface area (Å²) in [7, 11) is 0. The first-order chi connectivity index (χ1) is 8.81. The average molecular weight is 240 g/mol. The van der Waals surface area contributed by atoms with Crippen LogP contribution in [0.4, 0.5) is 5.82 Å². The zero-order chi connectivity index (χ0) is 12.4. The lowest BCUT2D eigenvalue weighted by Gasteiger charge is -2.07. The van der Waals surface area contributed by atoms with Crippen molar-refractivity contribution in [1.82, 2.24) is 4.98 Å². The summed E-state index contributed by atoms with van der Waals surface area (Å²) in [6.07, 6.45) is 5.35. The van der Waals surface area contributed by atoms with Crippen molar-refractivity contribution in [2.24, 2.45) is 0 Å². The fraction of sp³-hybridized carbons (Fsp3) is 0.267. The van der Waals surface area contributed by atoms with Crippen LogP contribution >= 0.6 is 0 Å². The second-order valence-corrected chi connectivity index (χ2v) is 4.69. The number of nitrogens with zero attached hydrogens (tertiary/aromatic N) is 1. The maximum atomic E-state index is 5.84. The first-order valence-electron chi connectivity index (χ1n) is 6.26. The molecular weight excluding hydrogens is 224 g/mol. The quantitative estimate of drug-likeness (QED) is 0.894. The van der Waals surface area contributed by atoms with Gasteiger partial charge in [-0.1, -0.05) is 18.2 Å². The van der Waals surface area contributed by atoms with E-state index < -0.39 is 0 Å². The molecular formula is C15H16N2O. The molecule has 1 aliphatic rings. The molecule has 1 aliphatic carbocycles.